The maximum Gasteiger partial charge on any atom is 0.0888 e. The van der Waals surface area contributed by atoms with Crippen LogP contribution in [0.25, 0.3) is 10.4 Å². The number of hydrogen-bond donors (Lipinski definition) is 1. The smallest absolute Gasteiger partial charge is 0.0888 e. The van der Waals surface area contributed by atoms with Gasteiger partial charge in [-0.15, -0.1) is 0 Å². The van der Waals surface area contributed by atoms with Crippen molar-refractivity contribution < 1.29 is 9.84 Å². The maximum atomic E-state index is 10.9. The number of hydrogen-bond acceptors (Lipinski definition) is 4. The average Bonchev–Trinajstić information content (AvgIpc) is 2.81. The van der Waals surface area contributed by atoms with E-state index in [4.69, 9.17) is 10.3 Å². The van der Waals surface area contributed by atoms with Gasteiger partial charge in [-0.1, -0.05) is 41.5 Å². The van der Waals surface area contributed by atoms with E-state index in [0.29, 0.717) is 6.61 Å². The van der Waals surface area contributed by atoms with E-state index in [9.17, 15) is 5.11 Å². The molecule has 6 heteroatoms. The first kappa shape index (κ1) is 16.0. The molecule has 0 aromatic heterocycles. The number of benzene rings is 2. The van der Waals surface area contributed by atoms with Gasteiger partial charge < -0.3 is 14.7 Å². The fourth-order valence-electron chi connectivity index (χ4n) is 3.83. The molecule has 4 rings (SSSR count). The Morgan fingerprint density at radius 3 is 2.20 bits per heavy atom. The van der Waals surface area contributed by atoms with Crippen molar-refractivity contribution in [3.05, 3.63) is 70.1 Å². The number of aliphatic hydroxyl groups excluding tert-OH is 1. The Labute approximate surface area is 146 Å². The molecule has 0 spiro atoms. The summed E-state index contributed by atoms with van der Waals surface area (Å²) in [4.78, 5) is 5.03. The van der Waals surface area contributed by atoms with Crippen molar-refractivity contribution in [3.8, 4) is 0 Å². The normalized spacial score (nSPS) is 25.3. The Hall–Kier alpha value is -2.53. The third-order valence-corrected chi connectivity index (χ3v) is 5.06. The van der Waals surface area contributed by atoms with E-state index in [1.807, 2.05) is 24.3 Å². The van der Waals surface area contributed by atoms with Gasteiger partial charge in [0.2, 0.25) is 0 Å². The van der Waals surface area contributed by atoms with Crippen molar-refractivity contribution in [2.75, 3.05) is 18.1 Å². The monoisotopic (exact) mass is 336 g/mol. The SMILES string of the molecule is [N-]=[N+]=N[C@@H]1COCC(N2c3ccccc3CCc3ccccc32)[C@H]1O. The minimum Gasteiger partial charge on any atom is -0.390 e. The zero-order valence-electron chi connectivity index (χ0n) is 13.8. The molecule has 3 atom stereocenters. The molecule has 6 nitrogen and oxygen atoms in total. The predicted octanol–water partition coefficient (Wildman–Crippen LogP) is 3.36. The summed E-state index contributed by atoms with van der Waals surface area (Å²) in [6.07, 6.45) is 1.11. The highest BCUT2D eigenvalue weighted by molar-refractivity contribution is 5.72. The fourth-order valence-corrected chi connectivity index (χ4v) is 3.83. The summed E-state index contributed by atoms with van der Waals surface area (Å²) in [5.41, 5.74) is 13.4. The second-order valence-corrected chi connectivity index (χ2v) is 6.50. The molecule has 0 radical (unpaired) electrons. The van der Waals surface area contributed by atoms with Crippen LogP contribution in [0.5, 0.6) is 0 Å². The lowest BCUT2D eigenvalue weighted by molar-refractivity contribution is -0.0191. The minimum atomic E-state index is -0.788. The van der Waals surface area contributed by atoms with Crippen LogP contribution in [0.2, 0.25) is 0 Å². The Balaban J connectivity index is 1.83. The van der Waals surface area contributed by atoms with E-state index < -0.39 is 12.1 Å². The Morgan fingerprint density at radius 2 is 1.60 bits per heavy atom. The van der Waals surface area contributed by atoms with Crippen molar-refractivity contribution in [2.45, 2.75) is 31.0 Å². The maximum absolute atomic E-state index is 10.9. The van der Waals surface area contributed by atoms with Crippen LogP contribution in [0.3, 0.4) is 0 Å². The average molecular weight is 336 g/mol. The summed E-state index contributed by atoms with van der Waals surface area (Å²) < 4.78 is 5.68. The van der Waals surface area contributed by atoms with Crippen molar-refractivity contribution in [1.29, 1.82) is 0 Å². The molecule has 2 heterocycles. The number of para-hydroxylation sites is 2. The lowest BCUT2D eigenvalue weighted by atomic mass is 9.98. The highest BCUT2D eigenvalue weighted by Crippen LogP contribution is 2.39. The van der Waals surface area contributed by atoms with Crippen LogP contribution >= 0.6 is 0 Å². The highest BCUT2D eigenvalue weighted by Gasteiger charge is 2.38. The van der Waals surface area contributed by atoms with Gasteiger partial charge in [0.05, 0.1) is 31.4 Å². The van der Waals surface area contributed by atoms with Gasteiger partial charge in [0.25, 0.3) is 0 Å². The Bertz CT molecular complexity index is 771. The van der Waals surface area contributed by atoms with E-state index in [1.54, 1.807) is 0 Å². The van der Waals surface area contributed by atoms with Crippen LogP contribution in [-0.4, -0.2) is 36.5 Å². The van der Waals surface area contributed by atoms with E-state index in [0.717, 1.165) is 24.2 Å². The number of fused-ring (bicyclic) bond motifs is 2. The predicted molar refractivity (Wildman–Crippen MR) is 96.0 cm³/mol. The number of rotatable bonds is 2. The van der Waals surface area contributed by atoms with E-state index in [1.165, 1.54) is 11.1 Å². The van der Waals surface area contributed by atoms with Gasteiger partial charge in [-0.25, -0.2) is 0 Å². The summed E-state index contributed by atoms with van der Waals surface area (Å²) in [6.45, 7) is 0.639. The van der Waals surface area contributed by atoms with Crippen LogP contribution in [0.4, 0.5) is 11.4 Å². The van der Waals surface area contributed by atoms with Gasteiger partial charge in [0, 0.05) is 16.3 Å². The molecule has 2 aromatic carbocycles. The van der Waals surface area contributed by atoms with Crippen molar-refractivity contribution >= 4 is 11.4 Å². The van der Waals surface area contributed by atoms with E-state index in [2.05, 4.69) is 39.2 Å². The molecule has 2 aliphatic rings. The van der Waals surface area contributed by atoms with Gasteiger partial charge in [-0.3, -0.25) is 0 Å². The standard InChI is InChI=1S/C19H20N4O2/c20-22-21-15-11-25-12-18(19(15)24)23-16-7-3-1-5-13(16)9-10-14-6-2-4-8-17(14)23/h1-8,15,18-19,24H,9-12H2/t15-,18?,19+/m1/s1. The zero-order valence-corrected chi connectivity index (χ0v) is 13.8. The van der Waals surface area contributed by atoms with Gasteiger partial charge in [0.1, 0.15) is 0 Å². The van der Waals surface area contributed by atoms with Crippen molar-refractivity contribution in [2.24, 2.45) is 5.11 Å². The second kappa shape index (κ2) is 6.76. The third-order valence-electron chi connectivity index (χ3n) is 5.06. The summed E-state index contributed by atoms with van der Waals surface area (Å²) >= 11 is 0. The van der Waals surface area contributed by atoms with Gasteiger partial charge >= 0.3 is 0 Å². The first-order valence-corrected chi connectivity index (χ1v) is 8.54. The molecule has 25 heavy (non-hydrogen) atoms. The van der Waals surface area contributed by atoms with Crippen LogP contribution in [0.1, 0.15) is 11.1 Å². The molecule has 0 aliphatic carbocycles. The number of ether oxygens (including phenoxy) is 1. The lowest BCUT2D eigenvalue weighted by Gasteiger charge is -2.41. The molecular formula is C19H20N4O2. The number of azide groups is 1. The first-order chi connectivity index (χ1) is 12.3. The van der Waals surface area contributed by atoms with Crippen LogP contribution in [-0.2, 0) is 17.6 Å². The topological polar surface area (TPSA) is 81.5 Å². The molecule has 1 N–H and O–H groups in total. The van der Waals surface area contributed by atoms with E-state index >= 15 is 0 Å². The summed E-state index contributed by atoms with van der Waals surface area (Å²) in [5.74, 6) is 0. The number of aryl methyl sites for hydroxylation is 2. The molecule has 128 valence electrons. The molecule has 0 saturated carbocycles. The quantitative estimate of drug-likeness (QED) is 0.519. The second-order valence-electron chi connectivity index (χ2n) is 6.50. The van der Waals surface area contributed by atoms with Gasteiger partial charge in [0.15, 0.2) is 0 Å². The summed E-state index contributed by atoms with van der Waals surface area (Å²) in [5, 5.41) is 14.6. The minimum absolute atomic E-state index is 0.249. The molecule has 1 unspecified atom stereocenters. The largest absolute Gasteiger partial charge is 0.390 e. The molecular weight excluding hydrogens is 316 g/mol. The zero-order chi connectivity index (χ0) is 17.2. The first-order valence-electron chi connectivity index (χ1n) is 8.54. The van der Waals surface area contributed by atoms with Crippen LogP contribution < -0.4 is 4.90 Å². The summed E-state index contributed by atoms with van der Waals surface area (Å²) in [6, 6.07) is 15.7. The van der Waals surface area contributed by atoms with Crippen LogP contribution in [0.15, 0.2) is 53.6 Å². The third kappa shape index (κ3) is 2.85. The van der Waals surface area contributed by atoms with Gasteiger partial charge in [-0.2, -0.15) is 0 Å². The molecule has 0 bridgehead atoms. The van der Waals surface area contributed by atoms with Crippen LogP contribution in [0, 0.1) is 0 Å². The fraction of sp³-hybridized carbons (Fsp3) is 0.368. The Morgan fingerprint density at radius 1 is 1.00 bits per heavy atom. The summed E-state index contributed by atoms with van der Waals surface area (Å²) in [7, 11) is 0. The Kier molecular flexibility index (Phi) is 4.32. The number of aliphatic hydroxyl groups is 1. The lowest BCUT2D eigenvalue weighted by Crippen LogP contribution is -2.54. The number of anilines is 2. The number of nitrogens with zero attached hydrogens (tertiary/aromatic N) is 4. The van der Waals surface area contributed by atoms with E-state index in [-0.39, 0.29) is 12.6 Å². The molecule has 2 aromatic rings. The molecule has 1 fully saturated rings. The van der Waals surface area contributed by atoms with Crippen molar-refractivity contribution in [3.63, 3.8) is 0 Å². The molecule has 2 aliphatic heterocycles. The van der Waals surface area contributed by atoms with Gasteiger partial charge in [-0.05, 0) is 41.6 Å². The molecule has 1 saturated heterocycles. The molecule has 0 amide bonds. The highest BCUT2D eigenvalue weighted by atomic mass is 16.5. The van der Waals surface area contributed by atoms with Crippen molar-refractivity contribution in [1.82, 2.24) is 0 Å².